The standard InChI is InChI=1S/C19H23N7O3/c1-2-29-10-9-26-16-14(11-21-26)22-19(25-8-6-13(12-25)18(27)28)24-17(16)23-15-5-3-4-7-20-15/h3-5,7,11,13H,2,6,8-10,12H2,1H3,(H,27,28)(H,20,22,23,24)/t13-/m0/s1. The Hall–Kier alpha value is -3.27. The van der Waals surface area contributed by atoms with Crippen molar-refractivity contribution in [1.29, 1.82) is 0 Å². The fraction of sp³-hybridized carbons (Fsp3) is 0.421. The number of nitrogens with zero attached hydrogens (tertiary/aromatic N) is 6. The summed E-state index contributed by atoms with van der Waals surface area (Å²) in [5, 5.41) is 17.0. The molecule has 0 radical (unpaired) electrons. The summed E-state index contributed by atoms with van der Waals surface area (Å²) in [6, 6.07) is 5.58. The Balaban J connectivity index is 1.70. The summed E-state index contributed by atoms with van der Waals surface area (Å²) in [6.45, 7) is 4.68. The van der Waals surface area contributed by atoms with Crippen LogP contribution in [0.2, 0.25) is 0 Å². The van der Waals surface area contributed by atoms with Gasteiger partial charge in [-0.25, -0.2) is 9.97 Å². The van der Waals surface area contributed by atoms with Crippen molar-refractivity contribution >= 4 is 34.6 Å². The second-order valence-electron chi connectivity index (χ2n) is 6.78. The highest BCUT2D eigenvalue weighted by molar-refractivity contribution is 5.88. The van der Waals surface area contributed by atoms with E-state index < -0.39 is 11.9 Å². The van der Waals surface area contributed by atoms with Gasteiger partial charge in [0, 0.05) is 25.9 Å². The van der Waals surface area contributed by atoms with Gasteiger partial charge in [0.05, 0.1) is 25.3 Å². The van der Waals surface area contributed by atoms with Crippen LogP contribution in [-0.4, -0.2) is 62.1 Å². The summed E-state index contributed by atoms with van der Waals surface area (Å²) in [7, 11) is 0. The number of aromatic nitrogens is 5. The van der Waals surface area contributed by atoms with Crippen LogP contribution >= 0.6 is 0 Å². The van der Waals surface area contributed by atoms with Crippen LogP contribution in [0.4, 0.5) is 17.6 Å². The Morgan fingerprint density at radius 3 is 3.00 bits per heavy atom. The molecule has 0 aromatic carbocycles. The van der Waals surface area contributed by atoms with E-state index in [4.69, 9.17) is 9.72 Å². The van der Waals surface area contributed by atoms with Gasteiger partial charge in [0.25, 0.3) is 0 Å². The quantitative estimate of drug-likeness (QED) is 0.549. The van der Waals surface area contributed by atoms with Crippen molar-refractivity contribution in [1.82, 2.24) is 24.7 Å². The summed E-state index contributed by atoms with van der Waals surface area (Å²) in [4.78, 5) is 26.9. The molecule has 1 aliphatic rings. The van der Waals surface area contributed by atoms with E-state index in [2.05, 4.69) is 20.4 Å². The highest BCUT2D eigenvalue weighted by Crippen LogP contribution is 2.28. The van der Waals surface area contributed by atoms with E-state index in [1.54, 1.807) is 12.4 Å². The molecule has 4 rings (SSSR count). The van der Waals surface area contributed by atoms with Crippen molar-refractivity contribution in [2.24, 2.45) is 5.92 Å². The van der Waals surface area contributed by atoms with E-state index in [-0.39, 0.29) is 0 Å². The third kappa shape index (κ3) is 4.11. The van der Waals surface area contributed by atoms with Gasteiger partial charge in [-0.2, -0.15) is 10.1 Å². The van der Waals surface area contributed by atoms with Crippen molar-refractivity contribution in [3.05, 3.63) is 30.6 Å². The topological polar surface area (TPSA) is 118 Å². The van der Waals surface area contributed by atoms with Crippen LogP contribution in [0.3, 0.4) is 0 Å². The number of rotatable bonds is 8. The zero-order chi connectivity index (χ0) is 20.2. The minimum Gasteiger partial charge on any atom is -0.481 e. The van der Waals surface area contributed by atoms with Gasteiger partial charge in [0.2, 0.25) is 5.95 Å². The number of hydrogen-bond donors (Lipinski definition) is 2. The molecule has 29 heavy (non-hydrogen) atoms. The number of carboxylic acids is 1. The fourth-order valence-corrected chi connectivity index (χ4v) is 3.38. The van der Waals surface area contributed by atoms with Crippen molar-refractivity contribution < 1.29 is 14.6 Å². The molecule has 10 nitrogen and oxygen atoms in total. The minimum absolute atomic E-state index is 0.391. The number of pyridine rings is 1. The van der Waals surface area contributed by atoms with Gasteiger partial charge in [-0.1, -0.05) is 6.07 Å². The molecular weight excluding hydrogens is 374 g/mol. The molecule has 0 unspecified atom stereocenters. The van der Waals surface area contributed by atoms with Crippen LogP contribution in [0, 0.1) is 5.92 Å². The van der Waals surface area contributed by atoms with E-state index in [0.717, 1.165) is 5.52 Å². The average Bonchev–Trinajstić information content (AvgIpc) is 3.37. The number of fused-ring (bicyclic) bond motifs is 1. The molecule has 1 atom stereocenters. The molecule has 152 valence electrons. The second kappa shape index (κ2) is 8.39. The van der Waals surface area contributed by atoms with Gasteiger partial charge in [-0.15, -0.1) is 0 Å². The first kappa shape index (κ1) is 19.1. The first-order valence-corrected chi connectivity index (χ1v) is 9.63. The molecule has 1 aliphatic heterocycles. The van der Waals surface area contributed by atoms with Crippen molar-refractivity contribution in [3.63, 3.8) is 0 Å². The van der Waals surface area contributed by atoms with Crippen LogP contribution in [0.5, 0.6) is 0 Å². The van der Waals surface area contributed by atoms with Crippen molar-refractivity contribution in [2.75, 3.05) is 36.5 Å². The number of hydrogen-bond acceptors (Lipinski definition) is 8. The highest BCUT2D eigenvalue weighted by Gasteiger charge is 2.30. The average molecular weight is 397 g/mol. The van der Waals surface area contributed by atoms with Gasteiger partial charge in [-0.3, -0.25) is 9.48 Å². The molecule has 0 saturated carbocycles. The summed E-state index contributed by atoms with van der Waals surface area (Å²) in [5.41, 5.74) is 1.44. The molecule has 10 heteroatoms. The highest BCUT2D eigenvalue weighted by atomic mass is 16.5. The van der Waals surface area contributed by atoms with Gasteiger partial charge >= 0.3 is 5.97 Å². The third-order valence-corrected chi connectivity index (χ3v) is 4.86. The second-order valence-corrected chi connectivity index (χ2v) is 6.78. The molecule has 1 fully saturated rings. The summed E-state index contributed by atoms with van der Waals surface area (Å²) in [5.74, 6) is 0.529. The Morgan fingerprint density at radius 1 is 1.38 bits per heavy atom. The first-order chi connectivity index (χ1) is 14.2. The van der Waals surface area contributed by atoms with Gasteiger partial charge < -0.3 is 20.1 Å². The van der Waals surface area contributed by atoms with E-state index >= 15 is 0 Å². The zero-order valence-electron chi connectivity index (χ0n) is 16.2. The van der Waals surface area contributed by atoms with Crippen LogP contribution in [0.25, 0.3) is 11.0 Å². The molecule has 0 bridgehead atoms. The van der Waals surface area contributed by atoms with Crippen LogP contribution in [0.1, 0.15) is 13.3 Å². The number of nitrogens with one attached hydrogen (secondary N) is 1. The van der Waals surface area contributed by atoms with Crippen LogP contribution < -0.4 is 10.2 Å². The summed E-state index contributed by atoms with van der Waals surface area (Å²) >= 11 is 0. The predicted octanol–water partition coefficient (Wildman–Crippen LogP) is 1.91. The lowest BCUT2D eigenvalue weighted by Crippen LogP contribution is -2.24. The van der Waals surface area contributed by atoms with Crippen molar-refractivity contribution in [2.45, 2.75) is 19.9 Å². The van der Waals surface area contributed by atoms with Crippen LogP contribution in [-0.2, 0) is 16.1 Å². The van der Waals surface area contributed by atoms with Crippen molar-refractivity contribution in [3.8, 4) is 0 Å². The number of carbonyl (C=O) groups is 1. The molecule has 3 aromatic heterocycles. The molecule has 0 amide bonds. The lowest BCUT2D eigenvalue weighted by Gasteiger charge is -2.17. The van der Waals surface area contributed by atoms with E-state index in [1.807, 2.05) is 34.7 Å². The van der Waals surface area contributed by atoms with Crippen LogP contribution in [0.15, 0.2) is 30.6 Å². The van der Waals surface area contributed by atoms with E-state index in [1.165, 1.54) is 0 Å². The Labute approximate surface area is 167 Å². The lowest BCUT2D eigenvalue weighted by molar-refractivity contribution is -0.140. The Morgan fingerprint density at radius 2 is 2.28 bits per heavy atom. The maximum atomic E-state index is 11.3. The molecule has 1 saturated heterocycles. The molecule has 0 aliphatic carbocycles. The number of carboxylic acid groups (broad SMARTS) is 1. The largest absolute Gasteiger partial charge is 0.481 e. The van der Waals surface area contributed by atoms with Gasteiger partial charge in [-0.05, 0) is 25.5 Å². The Kier molecular flexibility index (Phi) is 5.52. The monoisotopic (exact) mass is 397 g/mol. The number of aliphatic carboxylic acids is 1. The maximum Gasteiger partial charge on any atom is 0.308 e. The summed E-state index contributed by atoms with van der Waals surface area (Å²) < 4.78 is 7.26. The number of anilines is 3. The molecule has 2 N–H and O–H groups in total. The molecular formula is C19H23N7O3. The van der Waals surface area contributed by atoms with Gasteiger partial charge in [0.1, 0.15) is 16.9 Å². The normalized spacial score (nSPS) is 16.4. The Bertz CT molecular complexity index is 992. The first-order valence-electron chi connectivity index (χ1n) is 9.63. The van der Waals surface area contributed by atoms with E-state index in [0.29, 0.717) is 62.4 Å². The number of ether oxygens (including phenoxy) is 1. The van der Waals surface area contributed by atoms with E-state index in [9.17, 15) is 9.90 Å². The van der Waals surface area contributed by atoms with Gasteiger partial charge in [0.15, 0.2) is 5.82 Å². The SMILES string of the molecule is CCOCCn1ncc2nc(N3CC[C@H](C(=O)O)C3)nc(Nc3ccccn3)c21. The lowest BCUT2D eigenvalue weighted by atomic mass is 10.1. The molecule has 3 aromatic rings. The minimum atomic E-state index is -0.788. The fourth-order valence-electron chi connectivity index (χ4n) is 3.38. The molecule has 4 heterocycles. The third-order valence-electron chi connectivity index (χ3n) is 4.86. The molecule has 0 spiro atoms. The summed E-state index contributed by atoms with van der Waals surface area (Å²) in [6.07, 6.45) is 3.97. The predicted molar refractivity (Wildman–Crippen MR) is 107 cm³/mol. The zero-order valence-corrected chi connectivity index (χ0v) is 16.2. The smallest absolute Gasteiger partial charge is 0.308 e. The maximum absolute atomic E-state index is 11.3.